The van der Waals surface area contributed by atoms with Crippen LogP contribution in [0.25, 0.3) is 0 Å². The zero-order valence-electron chi connectivity index (χ0n) is 11.6. The minimum atomic E-state index is -0.0216. The third kappa shape index (κ3) is 3.26. The fraction of sp³-hybridized carbons (Fsp3) is 0.533. The SMILES string of the molecule is CCC1OCCC1CNC(=O)c1ccccc1NC. The van der Waals surface area contributed by atoms with Crippen molar-refractivity contribution >= 4 is 11.6 Å². The first kappa shape index (κ1) is 13.9. The van der Waals surface area contributed by atoms with Crippen molar-refractivity contribution in [1.29, 1.82) is 0 Å². The molecule has 1 aromatic rings. The number of carbonyl (C=O) groups is 1. The number of nitrogens with one attached hydrogen (secondary N) is 2. The molecular weight excluding hydrogens is 240 g/mol. The Kier molecular flexibility index (Phi) is 4.80. The van der Waals surface area contributed by atoms with Gasteiger partial charge in [-0.15, -0.1) is 0 Å². The van der Waals surface area contributed by atoms with Crippen molar-refractivity contribution in [3.8, 4) is 0 Å². The van der Waals surface area contributed by atoms with Crippen molar-refractivity contribution in [3.05, 3.63) is 29.8 Å². The van der Waals surface area contributed by atoms with Crippen LogP contribution in [-0.2, 0) is 4.74 Å². The van der Waals surface area contributed by atoms with Crippen LogP contribution in [0.1, 0.15) is 30.1 Å². The molecule has 1 aromatic carbocycles. The number of hydrogen-bond donors (Lipinski definition) is 2. The molecule has 1 aliphatic rings. The molecule has 2 atom stereocenters. The summed E-state index contributed by atoms with van der Waals surface area (Å²) in [5.74, 6) is 0.419. The van der Waals surface area contributed by atoms with Gasteiger partial charge in [0.25, 0.3) is 5.91 Å². The van der Waals surface area contributed by atoms with Crippen molar-refractivity contribution < 1.29 is 9.53 Å². The lowest BCUT2D eigenvalue weighted by Gasteiger charge is -2.17. The minimum Gasteiger partial charge on any atom is -0.387 e. The van der Waals surface area contributed by atoms with Gasteiger partial charge in [0.05, 0.1) is 11.7 Å². The Labute approximate surface area is 114 Å². The van der Waals surface area contributed by atoms with Crippen molar-refractivity contribution in [2.24, 2.45) is 5.92 Å². The van der Waals surface area contributed by atoms with Crippen LogP contribution in [0.5, 0.6) is 0 Å². The minimum absolute atomic E-state index is 0.0216. The molecule has 104 valence electrons. The fourth-order valence-corrected chi connectivity index (χ4v) is 2.60. The molecule has 0 radical (unpaired) electrons. The summed E-state index contributed by atoms with van der Waals surface area (Å²) in [6.45, 7) is 3.63. The number of ether oxygens (including phenoxy) is 1. The Morgan fingerprint density at radius 1 is 1.42 bits per heavy atom. The third-order valence-corrected chi connectivity index (χ3v) is 3.71. The number of benzene rings is 1. The lowest BCUT2D eigenvalue weighted by atomic mass is 9.99. The molecule has 0 aromatic heterocycles. The van der Waals surface area contributed by atoms with Gasteiger partial charge in [0, 0.05) is 31.8 Å². The van der Waals surface area contributed by atoms with Gasteiger partial charge in [-0.3, -0.25) is 4.79 Å². The molecule has 1 aliphatic heterocycles. The summed E-state index contributed by atoms with van der Waals surface area (Å²) in [7, 11) is 1.82. The predicted molar refractivity (Wildman–Crippen MR) is 76.5 cm³/mol. The van der Waals surface area contributed by atoms with Crippen molar-refractivity contribution in [1.82, 2.24) is 5.32 Å². The number of hydrogen-bond acceptors (Lipinski definition) is 3. The van der Waals surface area contributed by atoms with Crippen LogP contribution in [0.3, 0.4) is 0 Å². The van der Waals surface area contributed by atoms with Crippen LogP contribution < -0.4 is 10.6 Å². The van der Waals surface area contributed by atoms with Gasteiger partial charge in [-0.25, -0.2) is 0 Å². The van der Waals surface area contributed by atoms with E-state index in [4.69, 9.17) is 4.74 Å². The maximum atomic E-state index is 12.2. The maximum absolute atomic E-state index is 12.2. The number of amides is 1. The summed E-state index contributed by atoms with van der Waals surface area (Å²) < 4.78 is 5.63. The van der Waals surface area contributed by atoms with E-state index in [9.17, 15) is 4.79 Å². The van der Waals surface area contributed by atoms with Gasteiger partial charge in [-0.05, 0) is 25.0 Å². The molecule has 2 unspecified atom stereocenters. The summed E-state index contributed by atoms with van der Waals surface area (Å²) in [4.78, 5) is 12.2. The summed E-state index contributed by atoms with van der Waals surface area (Å²) in [5.41, 5.74) is 1.55. The third-order valence-electron chi connectivity index (χ3n) is 3.71. The van der Waals surface area contributed by atoms with Crippen LogP contribution in [0.15, 0.2) is 24.3 Å². The average molecular weight is 262 g/mol. The van der Waals surface area contributed by atoms with Crippen LogP contribution in [-0.4, -0.2) is 32.2 Å². The molecule has 0 saturated carbocycles. The van der Waals surface area contributed by atoms with E-state index in [1.807, 2.05) is 31.3 Å². The summed E-state index contributed by atoms with van der Waals surface area (Å²) >= 11 is 0. The molecule has 0 spiro atoms. The van der Waals surface area contributed by atoms with Crippen molar-refractivity contribution in [3.63, 3.8) is 0 Å². The first-order chi connectivity index (χ1) is 9.26. The molecule has 19 heavy (non-hydrogen) atoms. The normalized spacial score (nSPS) is 22.2. The monoisotopic (exact) mass is 262 g/mol. The zero-order valence-corrected chi connectivity index (χ0v) is 11.6. The van der Waals surface area contributed by atoms with Crippen molar-refractivity contribution in [2.45, 2.75) is 25.9 Å². The van der Waals surface area contributed by atoms with E-state index in [0.29, 0.717) is 24.1 Å². The standard InChI is InChI=1S/C15H22N2O2/c1-3-14-11(8-9-19-14)10-17-15(18)12-6-4-5-7-13(12)16-2/h4-7,11,14,16H,3,8-10H2,1-2H3,(H,17,18). The molecule has 0 aliphatic carbocycles. The molecule has 1 heterocycles. The van der Waals surface area contributed by atoms with Gasteiger partial charge in [0.2, 0.25) is 0 Å². The molecule has 1 fully saturated rings. The van der Waals surface area contributed by atoms with E-state index in [1.165, 1.54) is 0 Å². The van der Waals surface area contributed by atoms with Gasteiger partial charge < -0.3 is 15.4 Å². The van der Waals surface area contributed by atoms with Gasteiger partial charge >= 0.3 is 0 Å². The summed E-state index contributed by atoms with van der Waals surface area (Å²) in [5, 5.41) is 6.06. The molecule has 4 nitrogen and oxygen atoms in total. The number of para-hydroxylation sites is 1. The lowest BCUT2D eigenvalue weighted by Crippen LogP contribution is -2.33. The molecule has 1 saturated heterocycles. The highest BCUT2D eigenvalue weighted by Crippen LogP contribution is 2.23. The van der Waals surface area contributed by atoms with Gasteiger partial charge in [0.15, 0.2) is 0 Å². The quantitative estimate of drug-likeness (QED) is 0.856. The summed E-state index contributed by atoms with van der Waals surface area (Å²) in [6, 6.07) is 7.54. The van der Waals surface area contributed by atoms with Crippen LogP contribution >= 0.6 is 0 Å². The second-order valence-electron chi connectivity index (χ2n) is 4.87. The molecule has 2 rings (SSSR count). The van der Waals surface area contributed by atoms with E-state index >= 15 is 0 Å². The van der Waals surface area contributed by atoms with E-state index in [2.05, 4.69) is 17.6 Å². The van der Waals surface area contributed by atoms with Gasteiger partial charge in [-0.1, -0.05) is 19.1 Å². The molecule has 1 amide bonds. The number of rotatable bonds is 5. The Balaban J connectivity index is 1.94. The second kappa shape index (κ2) is 6.57. The van der Waals surface area contributed by atoms with E-state index < -0.39 is 0 Å². The predicted octanol–water partition coefficient (Wildman–Crippen LogP) is 2.27. The Hall–Kier alpha value is -1.55. The number of carbonyl (C=O) groups excluding carboxylic acids is 1. The van der Waals surface area contributed by atoms with E-state index in [-0.39, 0.29) is 5.91 Å². The first-order valence-corrected chi connectivity index (χ1v) is 6.92. The van der Waals surface area contributed by atoms with E-state index in [1.54, 1.807) is 0 Å². The second-order valence-corrected chi connectivity index (χ2v) is 4.87. The van der Waals surface area contributed by atoms with Crippen LogP contribution in [0.2, 0.25) is 0 Å². The molecule has 4 heteroatoms. The van der Waals surface area contributed by atoms with E-state index in [0.717, 1.165) is 25.1 Å². The highest BCUT2D eigenvalue weighted by atomic mass is 16.5. The smallest absolute Gasteiger partial charge is 0.253 e. The highest BCUT2D eigenvalue weighted by Gasteiger charge is 2.27. The topological polar surface area (TPSA) is 50.4 Å². The Bertz CT molecular complexity index is 434. The lowest BCUT2D eigenvalue weighted by molar-refractivity contribution is 0.0827. The molecule has 2 N–H and O–H groups in total. The zero-order chi connectivity index (χ0) is 13.7. The molecular formula is C15H22N2O2. The van der Waals surface area contributed by atoms with Crippen LogP contribution in [0.4, 0.5) is 5.69 Å². The Morgan fingerprint density at radius 2 is 2.21 bits per heavy atom. The largest absolute Gasteiger partial charge is 0.387 e. The first-order valence-electron chi connectivity index (χ1n) is 6.92. The number of anilines is 1. The maximum Gasteiger partial charge on any atom is 0.253 e. The molecule has 0 bridgehead atoms. The van der Waals surface area contributed by atoms with Crippen LogP contribution in [0, 0.1) is 5.92 Å². The highest BCUT2D eigenvalue weighted by molar-refractivity contribution is 5.99. The fourth-order valence-electron chi connectivity index (χ4n) is 2.60. The van der Waals surface area contributed by atoms with Gasteiger partial charge in [-0.2, -0.15) is 0 Å². The summed E-state index contributed by atoms with van der Waals surface area (Å²) in [6.07, 6.45) is 2.33. The average Bonchev–Trinajstić information content (AvgIpc) is 2.92. The Morgan fingerprint density at radius 3 is 2.95 bits per heavy atom. The van der Waals surface area contributed by atoms with Crippen molar-refractivity contribution in [2.75, 3.05) is 25.5 Å². The van der Waals surface area contributed by atoms with Gasteiger partial charge in [0.1, 0.15) is 0 Å².